The van der Waals surface area contributed by atoms with Gasteiger partial charge in [-0.05, 0) is 19.9 Å². The third kappa shape index (κ3) is 2.58. The Kier molecular flexibility index (Phi) is 4.09. The van der Waals surface area contributed by atoms with Crippen LogP contribution in [-0.4, -0.2) is 58.1 Å². The number of nitrogens with zero attached hydrogens (tertiary/aromatic N) is 3. The first kappa shape index (κ1) is 13.9. The van der Waals surface area contributed by atoms with E-state index in [1.807, 2.05) is 11.8 Å². The summed E-state index contributed by atoms with van der Waals surface area (Å²) < 4.78 is 0. The molecule has 1 aliphatic rings. The summed E-state index contributed by atoms with van der Waals surface area (Å²) in [5, 5.41) is 6.91. The number of nitrogens with two attached hydrogens (primary N) is 1. The zero-order valence-corrected chi connectivity index (χ0v) is 11.9. The number of rotatable bonds is 3. The highest BCUT2D eigenvalue weighted by Crippen LogP contribution is 2.18. The second kappa shape index (κ2) is 5.61. The average molecular weight is 265 g/mol. The maximum absolute atomic E-state index is 12.4. The first-order valence-corrected chi connectivity index (χ1v) is 6.94. The molecule has 1 amide bonds. The predicted molar refractivity (Wildman–Crippen MR) is 75.0 cm³/mol. The van der Waals surface area contributed by atoms with Crippen molar-refractivity contribution in [1.29, 1.82) is 0 Å². The van der Waals surface area contributed by atoms with E-state index in [1.165, 1.54) is 0 Å². The van der Waals surface area contributed by atoms with E-state index in [0.717, 1.165) is 38.3 Å². The van der Waals surface area contributed by atoms with Crippen LogP contribution in [0.1, 0.15) is 37.0 Å². The fourth-order valence-electron chi connectivity index (χ4n) is 2.62. The van der Waals surface area contributed by atoms with Crippen LogP contribution in [0.25, 0.3) is 0 Å². The molecule has 3 N–H and O–H groups in total. The SMILES string of the molecule is CCc1[nH]nc(C(=O)N2CCN(CC)C(C)C2)c1N. The summed E-state index contributed by atoms with van der Waals surface area (Å²) in [5.41, 5.74) is 7.66. The largest absolute Gasteiger partial charge is 0.395 e. The average Bonchev–Trinajstić information content (AvgIpc) is 2.78. The fourth-order valence-corrected chi connectivity index (χ4v) is 2.62. The summed E-state index contributed by atoms with van der Waals surface area (Å²) in [4.78, 5) is 16.7. The van der Waals surface area contributed by atoms with Gasteiger partial charge in [0.1, 0.15) is 0 Å². The summed E-state index contributed by atoms with van der Waals surface area (Å²) in [7, 11) is 0. The minimum absolute atomic E-state index is 0.0592. The number of amides is 1. The number of hydrogen-bond acceptors (Lipinski definition) is 4. The zero-order valence-electron chi connectivity index (χ0n) is 11.9. The number of hydrogen-bond donors (Lipinski definition) is 2. The van der Waals surface area contributed by atoms with Gasteiger partial charge in [0.15, 0.2) is 5.69 Å². The van der Waals surface area contributed by atoms with Crippen LogP contribution in [0.5, 0.6) is 0 Å². The molecule has 1 fully saturated rings. The minimum atomic E-state index is -0.0592. The van der Waals surface area contributed by atoms with Crippen molar-refractivity contribution < 1.29 is 4.79 Å². The molecule has 1 atom stereocenters. The highest BCUT2D eigenvalue weighted by molar-refractivity contribution is 5.97. The summed E-state index contributed by atoms with van der Waals surface area (Å²) in [6.45, 7) is 9.69. The molecule has 0 aromatic carbocycles. The monoisotopic (exact) mass is 265 g/mol. The van der Waals surface area contributed by atoms with E-state index in [1.54, 1.807) is 0 Å². The van der Waals surface area contributed by atoms with Crippen molar-refractivity contribution in [3.8, 4) is 0 Å². The zero-order chi connectivity index (χ0) is 14.0. The van der Waals surface area contributed by atoms with E-state index in [2.05, 4.69) is 28.9 Å². The van der Waals surface area contributed by atoms with Crippen molar-refractivity contribution >= 4 is 11.6 Å². The van der Waals surface area contributed by atoms with Gasteiger partial charge in [0.2, 0.25) is 0 Å². The quantitative estimate of drug-likeness (QED) is 0.844. The third-order valence-corrected chi connectivity index (χ3v) is 3.90. The van der Waals surface area contributed by atoms with E-state index in [0.29, 0.717) is 17.4 Å². The molecule has 2 rings (SSSR count). The number of aromatic amines is 1. The van der Waals surface area contributed by atoms with Gasteiger partial charge in [-0.3, -0.25) is 14.8 Å². The second-order valence-corrected chi connectivity index (χ2v) is 5.05. The Morgan fingerprint density at radius 2 is 2.21 bits per heavy atom. The molecule has 1 aromatic rings. The number of carbonyl (C=O) groups is 1. The highest BCUT2D eigenvalue weighted by Gasteiger charge is 2.29. The number of carbonyl (C=O) groups excluding carboxylic acids is 1. The van der Waals surface area contributed by atoms with E-state index >= 15 is 0 Å². The van der Waals surface area contributed by atoms with Crippen molar-refractivity contribution in [1.82, 2.24) is 20.0 Å². The molecule has 0 radical (unpaired) electrons. The van der Waals surface area contributed by atoms with Gasteiger partial charge in [0.05, 0.1) is 11.4 Å². The molecule has 0 saturated carbocycles. The molecular formula is C13H23N5O. The Balaban J connectivity index is 2.10. The lowest BCUT2D eigenvalue weighted by atomic mass is 10.1. The number of aryl methyl sites for hydroxylation is 1. The van der Waals surface area contributed by atoms with Crippen LogP contribution in [0, 0.1) is 0 Å². The van der Waals surface area contributed by atoms with Gasteiger partial charge in [0, 0.05) is 25.7 Å². The molecule has 0 spiro atoms. The van der Waals surface area contributed by atoms with Gasteiger partial charge < -0.3 is 10.6 Å². The van der Waals surface area contributed by atoms with Crippen LogP contribution >= 0.6 is 0 Å². The standard InChI is InChI=1S/C13H23N5O/c1-4-10-11(14)12(16-15-10)13(19)18-7-6-17(5-2)9(3)8-18/h9H,4-8,14H2,1-3H3,(H,15,16). The van der Waals surface area contributed by atoms with Crippen molar-refractivity contribution in [2.24, 2.45) is 0 Å². The topological polar surface area (TPSA) is 78.2 Å². The molecule has 0 bridgehead atoms. The molecule has 106 valence electrons. The third-order valence-electron chi connectivity index (χ3n) is 3.90. The number of anilines is 1. The van der Waals surface area contributed by atoms with Crippen molar-refractivity contribution in [2.75, 3.05) is 31.9 Å². The van der Waals surface area contributed by atoms with Crippen LogP contribution in [0.2, 0.25) is 0 Å². The van der Waals surface area contributed by atoms with Gasteiger partial charge in [-0.25, -0.2) is 0 Å². The number of nitrogen functional groups attached to an aromatic ring is 1. The minimum Gasteiger partial charge on any atom is -0.395 e. The maximum atomic E-state index is 12.4. The summed E-state index contributed by atoms with van der Waals surface area (Å²) in [6, 6.07) is 0.383. The van der Waals surface area contributed by atoms with E-state index < -0.39 is 0 Å². The molecule has 19 heavy (non-hydrogen) atoms. The van der Waals surface area contributed by atoms with Gasteiger partial charge >= 0.3 is 0 Å². The van der Waals surface area contributed by atoms with Crippen LogP contribution < -0.4 is 5.73 Å². The normalized spacial score (nSPS) is 20.8. The molecule has 0 aliphatic carbocycles. The molecule has 1 aromatic heterocycles. The Labute approximate surface area is 113 Å². The summed E-state index contributed by atoms with van der Waals surface area (Å²) >= 11 is 0. The van der Waals surface area contributed by atoms with E-state index in [-0.39, 0.29) is 5.91 Å². The number of nitrogens with one attached hydrogen (secondary N) is 1. The van der Waals surface area contributed by atoms with Gasteiger partial charge in [-0.2, -0.15) is 5.10 Å². The number of likely N-dealkylation sites (N-methyl/N-ethyl adjacent to an activating group) is 1. The molecule has 6 nitrogen and oxygen atoms in total. The predicted octanol–water partition coefficient (Wildman–Crippen LogP) is 0.721. The Morgan fingerprint density at radius 1 is 1.47 bits per heavy atom. The first-order chi connectivity index (χ1) is 9.08. The molecular weight excluding hydrogens is 242 g/mol. The maximum Gasteiger partial charge on any atom is 0.276 e. The van der Waals surface area contributed by atoms with Gasteiger partial charge in [-0.15, -0.1) is 0 Å². The Hall–Kier alpha value is -1.56. The van der Waals surface area contributed by atoms with Crippen LogP contribution in [-0.2, 0) is 6.42 Å². The summed E-state index contributed by atoms with van der Waals surface area (Å²) in [6.07, 6.45) is 0.756. The smallest absolute Gasteiger partial charge is 0.276 e. The molecule has 6 heteroatoms. The van der Waals surface area contributed by atoms with Crippen LogP contribution in [0.3, 0.4) is 0 Å². The van der Waals surface area contributed by atoms with E-state index in [9.17, 15) is 4.79 Å². The lowest BCUT2D eigenvalue weighted by molar-refractivity contribution is 0.0524. The van der Waals surface area contributed by atoms with Crippen molar-refractivity contribution in [3.05, 3.63) is 11.4 Å². The fraction of sp³-hybridized carbons (Fsp3) is 0.692. The Morgan fingerprint density at radius 3 is 2.74 bits per heavy atom. The number of aromatic nitrogens is 2. The second-order valence-electron chi connectivity index (χ2n) is 5.05. The lowest BCUT2D eigenvalue weighted by Gasteiger charge is -2.39. The summed E-state index contributed by atoms with van der Waals surface area (Å²) in [5.74, 6) is -0.0592. The highest BCUT2D eigenvalue weighted by atomic mass is 16.2. The number of piperazine rings is 1. The molecule has 1 unspecified atom stereocenters. The van der Waals surface area contributed by atoms with Gasteiger partial charge in [-0.1, -0.05) is 13.8 Å². The van der Waals surface area contributed by atoms with Crippen molar-refractivity contribution in [3.63, 3.8) is 0 Å². The van der Waals surface area contributed by atoms with Crippen LogP contribution in [0.15, 0.2) is 0 Å². The lowest BCUT2D eigenvalue weighted by Crippen LogP contribution is -2.53. The molecule has 1 aliphatic heterocycles. The van der Waals surface area contributed by atoms with E-state index in [4.69, 9.17) is 5.73 Å². The Bertz CT molecular complexity index is 456. The number of H-pyrrole nitrogens is 1. The first-order valence-electron chi connectivity index (χ1n) is 6.94. The van der Waals surface area contributed by atoms with Crippen LogP contribution in [0.4, 0.5) is 5.69 Å². The van der Waals surface area contributed by atoms with Gasteiger partial charge in [0.25, 0.3) is 5.91 Å². The molecule has 1 saturated heterocycles. The van der Waals surface area contributed by atoms with Crippen molar-refractivity contribution in [2.45, 2.75) is 33.2 Å². The molecule has 2 heterocycles.